The highest BCUT2D eigenvalue weighted by Gasteiger charge is 2.70. The molecule has 1 spiro atoms. The number of hydrogen-bond donors (Lipinski definition) is 2. The molecule has 4 aliphatic rings. The summed E-state index contributed by atoms with van der Waals surface area (Å²) in [5.74, 6) is 0.956. The van der Waals surface area contributed by atoms with E-state index in [2.05, 4.69) is 13.8 Å². The molecule has 4 rings (SSSR count). The van der Waals surface area contributed by atoms with E-state index < -0.39 is 5.60 Å². The highest BCUT2D eigenvalue weighted by Crippen LogP contribution is 2.73. The molecule has 2 N–H and O–H groups in total. The van der Waals surface area contributed by atoms with E-state index in [-0.39, 0.29) is 34.9 Å². The van der Waals surface area contributed by atoms with Gasteiger partial charge in [0, 0.05) is 18.9 Å². The Balaban J connectivity index is 1.80. The van der Waals surface area contributed by atoms with Gasteiger partial charge >= 0.3 is 5.97 Å². The lowest BCUT2D eigenvalue weighted by molar-refractivity contribution is -0.219. The molecule has 0 aromatic carbocycles. The van der Waals surface area contributed by atoms with Crippen molar-refractivity contribution in [2.24, 2.45) is 34.0 Å². The molecule has 0 saturated heterocycles. The lowest BCUT2D eigenvalue weighted by Gasteiger charge is -2.65. The van der Waals surface area contributed by atoms with Gasteiger partial charge in [0.15, 0.2) is 0 Å². The SMILES string of the molecule is CC(=O)O[C@H]1C[C@H]2[C@@](C)(CO)CCC[C@@]2(C)[C@H]2CC[C@@H]3C[C@]12C[C@@]3(C)O. The second-order valence-corrected chi connectivity index (χ2v) is 10.9. The number of aliphatic hydroxyl groups is 2. The fourth-order valence-electron chi connectivity index (χ4n) is 8.34. The van der Waals surface area contributed by atoms with E-state index in [1.54, 1.807) is 0 Å². The smallest absolute Gasteiger partial charge is 0.302 e. The summed E-state index contributed by atoms with van der Waals surface area (Å²) in [4.78, 5) is 12.0. The van der Waals surface area contributed by atoms with Crippen LogP contribution in [-0.4, -0.2) is 34.5 Å². The van der Waals surface area contributed by atoms with Gasteiger partial charge in [0.05, 0.1) is 5.60 Å². The number of hydrogen-bond acceptors (Lipinski definition) is 4. The molecule has 4 aliphatic carbocycles. The molecule has 4 nitrogen and oxygen atoms in total. The molecule has 2 bridgehead atoms. The molecule has 0 amide bonds. The van der Waals surface area contributed by atoms with E-state index in [0.717, 1.165) is 44.9 Å². The van der Waals surface area contributed by atoms with Crippen LogP contribution in [0.4, 0.5) is 0 Å². The number of rotatable bonds is 2. The molecule has 0 heterocycles. The van der Waals surface area contributed by atoms with E-state index in [4.69, 9.17) is 4.74 Å². The Morgan fingerprint density at radius 2 is 1.88 bits per heavy atom. The van der Waals surface area contributed by atoms with Crippen molar-refractivity contribution in [1.82, 2.24) is 0 Å². The van der Waals surface area contributed by atoms with Crippen molar-refractivity contribution in [3.63, 3.8) is 0 Å². The molecule has 148 valence electrons. The maximum Gasteiger partial charge on any atom is 0.302 e. The third-order valence-electron chi connectivity index (χ3n) is 9.35. The van der Waals surface area contributed by atoms with E-state index in [1.165, 1.54) is 13.3 Å². The average molecular weight is 365 g/mol. The number of esters is 1. The fourth-order valence-corrected chi connectivity index (χ4v) is 8.34. The molecule has 4 heteroatoms. The van der Waals surface area contributed by atoms with Gasteiger partial charge in [-0.1, -0.05) is 20.3 Å². The van der Waals surface area contributed by atoms with Crippen molar-refractivity contribution in [2.75, 3.05) is 6.61 Å². The van der Waals surface area contributed by atoms with Crippen LogP contribution < -0.4 is 0 Å². The summed E-state index contributed by atoms with van der Waals surface area (Å²) in [6, 6.07) is 0. The van der Waals surface area contributed by atoms with Crippen molar-refractivity contribution in [1.29, 1.82) is 0 Å². The van der Waals surface area contributed by atoms with Crippen LogP contribution in [0.2, 0.25) is 0 Å². The predicted octanol–water partition coefficient (Wildman–Crippen LogP) is 3.68. The normalized spacial score (nSPS) is 55.8. The Morgan fingerprint density at radius 1 is 1.15 bits per heavy atom. The van der Waals surface area contributed by atoms with Crippen molar-refractivity contribution in [3.05, 3.63) is 0 Å². The Hall–Kier alpha value is -0.610. The van der Waals surface area contributed by atoms with Gasteiger partial charge in [-0.3, -0.25) is 4.79 Å². The predicted molar refractivity (Wildman–Crippen MR) is 99.3 cm³/mol. The summed E-state index contributed by atoms with van der Waals surface area (Å²) < 4.78 is 5.98. The molecule has 0 aromatic heterocycles. The zero-order valence-corrected chi connectivity index (χ0v) is 16.9. The second-order valence-electron chi connectivity index (χ2n) is 10.9. The molecule has 26 heavy (non-hydrogen) atoms. The Bertz CT molecular complexity index is 601. The van der Waals surface area contributed by atoms with Gasteiger partial charge < -0.3 is 14.9 Å². The molecule has 4 fully saturated rings. The van der Waals surface area contributed by atoms with E-state index in [1.807, 2.05) is 6.92 Å². The highest BCUT2D eigenvalue weighted by molar-refractivity contribution is 5.66. The Kier molecular flexibility index (Phi) is 4.11. The number of ether oxygens (including phenoxy) is 1. The van der Waals surface area contributed by atoms with Gasteiger partial charge in [0.1, 0.15) is 6.10 Å². The van der Waals surface area contributed by atoms with Crippen LogP contribution in [-0.2, 0) is 9.53 Å². The lowest BCUT2D eigenvalue weighted by atomic mass is 9.40. The van der Waals surface area contributed by atoms with Gasteiger partial charge in [0.25, 0.3) is 0 Å². The summed E-state index contributed by atoms with van der Waals surface area (Å²) >= 11 is 0. The first-order valence-corrected chi connectivity index (χ1v) is 10.6. The maximum atomic E-state index is 12.0. The Labute approximate surface area is 157 Å². The van der Waals surface area contributed by atoms with E-state index in [0.29, 0.717) is 17.8 Å². The van der Waals surface area contributed by atoms with Gasteiger partial charge in [0.2, 0.25) is 0 Å². The minimum atomic E-state index is -0.648. The van der Waals surface area contributed by atoms with E-state index in [9.17, 15) is 15.0 Å². The molecule has 0 radical (unpaired) electrons. The molecular weight excluding hydrogens is 328 g/mol. The first-order valence-electron chi connectivity index (χ1n) is 10.6. The number of fused-ring (bicyclic) bond motifs is 3. The molecular formula is C22H36O4. The van der Waals surface area contributed by atoms with Gasteiger partial charge in [-0.15, -0.1) is 0 Å². The molecule has 4 saturated carbocycles. The van der Waals surface area contributed by atoms with E-state index >= 15 is 0 Å². The minimum absolute atomic E-state index is 0.0863. The van der Waals surface area contributed by atoms with Crippen LogP contribution >= 0.6 is 0 Å². The minimum Gasteiger partial charge on any atom is -0.462 e. The number of carbonyl (C=O) groups excluding carboxylic acids is 1. The Morgan fingerprint density at radius 3 is 2.54 bits per heavy atom. The third-order valence-corrected chi connectivity index (χ3v) is 9.35. The van der Waals surface area contributed by atoms with Crippen molar-refractivity contribution in [2.45, 2.75) is 90.8 Å². The van der Waals surface area contributed by atoms with Crippen LogP contribution in [0.25, 0.3) is 0 Å². The van der Waals surface area contributed by atoms with Crippen LogP contribution in [0.5, 0.6) is 0 Å². The summed E-state index contributed by atoms with van der Waals surface area (Å²) in [5.41, 5.74) is -0.662. The van der Waals surface area contributed by atoms with Crippen LogP contribution in [0, 0.1) is 34.0 Å². The molecule has 8 atom stereocenters. The van der Waals surface area contributed by atoms with Crippen molar-refractivity contribution >= 4 is 5.97 Å². The van der Waals surface area contributed by atoms with Crippen molar-refractivity contribution < 1.29 is 19.7 Å². The molecule has 0 aliphatic heterocycles. The second kappa shape index (κ2) is 5.70. The highest BCUT2D eigenvalue weighted by atomic mass is 16.5. The quantitative estimate of drug-likeness (QED) is 0.734. The standard InChI is InChI=1S/C22H36O4/c1-14(24)26-18-10-17-19(2,13-23)8-5-9-20(17,3)16-7-6-15-11-22(16,18)12-21(15,4)25/h15-18,23,25H,5-13H2,1-4H3/t15-,16-,17+,18+,19-,20+,21-,22-/m1/s1. The molecule has 0 unspecified atom stereocenters. The summed E-state index contributed by atoms with van der Waals surface area (Å²) in [6.07, 6.45) is 8.06. The van der Waals surface area contributed by atoms with Gasteiger partial charge in [-0.25, -0.2) is 0 Å². The zero-order chi connectivity index (χ0) is 19.0. The first kappa shape index (κ1) is 18.7. The first-order chi connectivity index (χ1) is 12.1. The van der Waals surface area contributed by atoms with Crippen LogP contribution in [0.1, 0.15) is 79.1 Å². The maximum absolute atomic E-state index is 12.0. The fraction of sp³-hybridized carbons (Fsp3) is 0.955. The topological polar surface area (TPSA) is 66.8 Å². The summed E-state index contributed by atoms with van der Waals surface area (Å²) in [6.45, 7) is 8.38. The largest absolute Gasteiger partial charge is 0.462 e. The summed E-state index contributed by atoms with van der Waals surface area (Å²) in [5, 5.41) is 21.3. The number of aliphatic hydroxyl groups excluding tert-OH is 1. The average Bonchev–Trinajstić information content (AvgIpc) is 2.75. The van der Waals surface area contributed by atoms with Gasteiger partial charge in [-0.2, -0.15) is 0 Å². The van der Waals surface area contributed by atoms with Crippen molar-refractivity contribution in [3.8, 4) is 0 Å². The molecule has 0 aromatic rings. The summed E-state index contributed by atoms with van der Waals surface area (Å²) in [7, 11) is 0. The lowest BCUT2D eigenvalue weighted by Crippen LogP contribution is -2.62. The number of carbonyl (C=O) groups is 1. The van der Waals surface area contributed by atoms with Gasteiger partial charge in [-0.05, 0) is 80.5 Å². The monoisotopic (exact) mass is 364 g/mol. The zero-order valence-electron chi connectivity index (χ0n) is 16.9. The third kappa shape index (κ3) is 2.37. The van der Waals surface area contributed by atoms with Crippen LogP contribution in [0.3, 0.4) is 0 Å². The van der Waals surface area contributed by atoms with Crippen LogP contribution in [0.15, 0.2) is 0 Å².